The maximum absolute atomic E-state index is 2.25. The zero-order valence-corrected chi connectivity index (χ0v) is 20.5. The van der Waals surface area contributed by atoms with Gasteiger partial charge in [-0.15, -0.1) is 0 Å². The van der Waals surface area contributed by atoms with Crippen LogP contribution in [0.3, 0.4) is 0 Å². The molecule has 6 rings (SSSR count). The molecular formula is C31H51. The third-order valence-corrected chi connectivity index (χ3v) is 12.0. The Bertz CT molecular complexity index is 579. The van der Waals surface area contributed by atoms with Crippen LogP contribution >= 0.6 is 0 Å². The maximum atomic E-state index is 2.25. The van der Waals surface area contributed by atoms with Crippen LogP contribution in [0.1, 0.15) is 135 Å². The number of rotatable bonds is 1. The second-order valence-electron chi connectivity index (χ2n) is 13.2. The lowest BCUT2D eigenvalue weighted by atomic mass is 9.51. The van der Waals surface area contributed by atoms with Gasteiger partial charge in [0.1, 0.15) is 0 Å². The minimum atomic E-state index is 1.05. The summed E-state index contributed by atoms with van der Waals surface area (Å²) in [7, 11) is 0. The van der Waals surface area contributed by atoms with Crippen LogP contribution in [-0.2, 0) is 0 Å². The summed E-state index contributed by atoms with van der Waals surface area (Å²) in [5, 5.41) is 0. The van der Waals surface area contributed by atoms with Crippen LogP contribution in [0.4, 0.5) is 0 Å². The summed E-state index contributed by atoms with van der Waals surface area (Å²) in [4.78, 5) is 0. The average molecular weight is 424 g/mol. The third kappa shape index (κ3) is 4.18. The predicted molar refractivity (Wildman–Crippen MR) is 132 cm³/mol. The molecule has 9 atom stereocenters. The van der Waals surface area contributed by atoms with Gasteiger partial charge in [-0.1, -0.05) is 89.9 Å². The van der Waals surface area contributed by atoms with Crippen molar-refractivity contribution in [2.45, 2.75) is 135 Å². The highest BCUT2D eigenvalue weighted by molar-refractivity contribution is 5.17. The van der Waals surface area contributed by atoms with Crippen LogP contribution in [0, 0.1) is 59.2 Å². The second kappa shape index (κ2) is 9.70. The first-order chi connectivity index (χ1) is 15.4. The minimum absolute atomic E-state index is 1.05. The van der Waals surface area contributed by atoms with E-state index < -0.39 is 0 Å². The van der Waals surface area contributed by atoms with Gasteiger partial charge in [-0.25, -0.2) is 0 Å². The van der Waals surface area contributed by atoms with Gasteiger partial charge in [0.25, 0.3) is 0 Å². The number of hydrogen-bond donors (Lipinski definition) is 0. The fourth-order valence-electron chi connectivity index (χ4n) is 10.8. The Morgan fingerprint density at radius 1 is 0.323 bits per heavy atom. The molecule has 175 valence electrons. The molecular weight excluding hydrogens is 372 g/mol. The normalized spacial score (nSPS) is 49.4. The molecule has 0 aliphatic heterocycles. The van der Waals surface area contributed by atoms with Crippen molar-refractivity contribution < 1.29 is 0 Å². The molecule has 6 aliphatic carbocycles. The summed E-state index contributed by atoms with van der Waals surface area (Å²) in [5.41, 5.74) is 0. The lowest BCUT2D eigenvalue weighted by Gasteiger charge is -2.53. The molecule has 0 aromatic heterocycles. The lowest BCUT2D eigenvalue weighted by Crippen LogP contribution is -2.45. The minimum Gasteiger partial charge on any atom is -0.0533 e. The topological polar surface area (TPSA) is 0 Å². The van der Waals surface area contributed by atoms with Gasteiger partial charge in [-0.3, -0.25) is 0 Å². The van der Waals surface area contributed by atoms with Gasteiger partial charge in [-0.2, -0.15) is 0 Å². The van der Waals surface area contributed by atoms with Gasteiger partial charge in [0.2, 0.25) is 0 Å². The van der Waals surface area contributed by atoms with Crippen molar-refractivity contribution in [3.05, 3.63) is 5.92 Å². The largest absolute Gasteiger partial charge is 0.0533 e. The molecule has 1 radical (unpaired) electrons. The zero-order valence-electron chi connectivity index (χ0n) is 20.5. The van der Waals surface area contributed by atoms with Crippen molar-refractivity contribution in [3.63, 3.8) is 0 Å². The van der Waals surface area contributed by atoms with Crippen molar-refractivity contribution in [3.8, 4) is 0 Å². The van der Waals surface area contributed by atoms with Crippen LogP contribution in [0.15, 0.2) is 0 Å². The van der Waals surface area contributed by atoms with Gasteiger partial charge in [0.05, 0.1) is 0 Å². The Morgan fingerprint density at radius 3 is 1.68 bits per heavy atom. The Labute approximate surface area is 194 Å². The molecule has 31 heavy (non-hydrogen) atoms. The van der Waals surface area contributed by atoms with Crippen molar-refractivity contribution >= 4 is 0 Å². The molecule has 6 aliphatic rings. The molecule has 0 heterocycles. The summed E-state index contributed by atoms with van der Waals surface area (Å²) in [6.45, 7) is 0. The Hall–Kier alpha value is 0. The van der Waals surface area contributed by atoms with Crippen LogP contribution in [0.2, 0.25) is 0 Å². The van der Waals surface area contributed by atoms with E-state index in [1.165, 1.54) is 12.8 Å². The molecule has 6 saturated carbocycles. The predicted octanol–water partition coefficient (Wildman–Crippen LogP) is 9.38. The molecule has 0 bridgehead atoms. The Kier molecular flexibility index (Phi) is 6.74. The lowest BCUT2D eigenvalue weighted by molar-refractivity contribution is 0.0523. The monoisotopic (exact) mass is 423 g/mol. The van der Waals surface area contributed by atoms with Crippen molar-refractivity contribution in [2.24, 2.45) is 53.3 Å². The summed E-state index contributed by atoms with van der Waals surface area (Å²) in [6.07, 6.45) is 33.1. The van der Waals surface area contributed by atoms with Gasteiger partial charge >= 0.3 is 0 Å². The summed E-state index contributed by atoms with van der Waals surface area (Å²) in [5.74, 6) is 12.1. The van der Waals surface area contributed by atoms with E-state index in [2.05, 4.69) is 5.92 Å². The molecule has 0 N–H and O–H groups in total. The van der Waals surface area contributed by atoms with E-state index >= 15 is 0 Å². The van der Waals surface area contributed by atoms with Gasteiger partial charge in [0, 0.05) is 0 Å². The van der Waals surface area contributed by atoms with E-state index in [0.29, 0.717) is 0 Å². The molecule has 0 saturated heterocycles. The van der Waals surface area contributed by atoms with Crippen molar-refractivity contribution in [2.75, 3.05) is 0 Å². The molecule has 6 fully saturated rings. The highest BCUT2D eigenvalue weighted by atomic mass is 14.6. The van der Waals surface area contributed by atoms with E-state index in [4.69, 9.17) is 0 Å². The van der Waals surface area contributed by atoms with Crippen LogP contribution in [-0.4, -0.2) is 0 Å². The molecule has 0 amide bonds. The van der Waals surface area contributed by atoms with Gasteiger partial charge in [0.15, 0.2) is 0 Å². The number of hydrogen-bond acceptors (Lipinski definition) is 0. The molecule has 0 spiro atoms. The standard InChI is InChI=1S/C31H51/c1-2-6-16-26-23(12-4-1)21-24-13-8-9-17-27(24)31(26)30-20-19-29-25-15-7-3-5-11-22(25)14-10-18-28(29)30/h22-30H,1-21H2. The molecule has 0 heteroatoms. The smallest absolute Gasteiger partial charge is 0.0140 e. The Balaban J connectivity index is 1.29. The Morgan fingerprint density at radius 2 is 0.871 bits per heavy atom. The van der Waals surface area contributed by atoms with Crippen LogP contribution in [0.5, 0.6) is 0 Å². The van der Waals surface area contributed by atoms with Crippen molar-refractivity contribution in [1.29, 1.82) is 0 Å². The molecule has 0 nitrogen and oxygen atoms in total. The molecule has 9 unspecified atom stereocenters. The first kappa shape index (κ1) is 21.5. The average Bonchev–Trinajstić information content (AvgIpc) is 2.93. The third-order valence-electron chi connectivity index (χ3n) is 12.0. The van der Waals surface area contributed by atoms with Crippen LogP contribution < -0.4 is 0 Å². The zero-order chi connectivity index (χ0) is 20.6. The maximum Gasteiger partial charge on any atom is -0.0140 e. The van der Waals surface area contributed by atoms with Gasteiger partial charge < -0.3 is 0 Å². The molecule has 0 aromatic carbocycles. The van der Waals surface area contributed by atoms with E-state index in [0.717, 1.165) is 53.3 Å². The quantitative estimate of drug-likeness (QED) is 0.394. The number of fused-ring (bicyclic) bond motifs is 5. The summed E-state index contributed by atoms with van der Waals surface area (Å²) in [6, 6.07) is 0. The van der Waals surface area contributed by atoms with Crippen LogP contribution in [0.25, 0.3) is 0 Å². The summed E-state index contributed by atoms with van der Waals surface area (Å²) >= 11 is 0. The second-order valence-corrected chi connectivity index (χ2v) is 13.2. The van der Waals surface area contributed by atoms with E-state index in [9.17, 15) is 0 Å². The van der Waals surface area contributed by atoms with Crippen molar-refractivity contribution in [1.82, 2.24) is 0 Å². The van der Waals surface area contributed by atoms with E-state index in [1.54, 1.807) is 122 Å². The fourth-order valence-corrected chi connectivity index (χ4v) is 10.8. The first-order valence-electron chi connectivity index (χ1n) is 15.3. The first-order valence-corrected chi connectivity index (χ1v) is 15.3. The van der Waals surface area contributed by atoms with E-state index in [1.807, 2.05) is 0 Å². The fraction of sp³-hybridized carbons (Fsp3) is 0.968. The highest BCUT2D eigenvalue weighted by Crippen LogP contribution is 2.62. The van der Waals surface area contributed by atoms with Gasteiger partial charge in [-0.05, 0) is 104 Å². The highest BCUT2D eigenvalue weighted by Gasteiger charge is 2.53. The SMILES string of the molecule is C1CCCC2[C](C3CCC4C5CCCCCC5CCCC34)C3CCCCC3CC2CC1. The van der Waals surface area contributed by atoms with E-state index in [-0.39, 0.29) is 0 Å². The summed E-state index contributed by atoms with van der Waals surface area (Å²) < 4.78 is 0. The molecule has 0 aromatic rings.